The molecule has 0 aliphatic heterocycles. The van der Waals surface area contributed by atoms with Crippen molar-refractivity contribution in [3.05, 3.63) is 0 Å². The van der Waals surface area contributed by atoms with Crippen molar-refractivity contribution in [2.45, 2.75) is 24.5 Å². The maximum Gasteiger partial charge on any atom is 0.323 e. The molecule has 1 amide bonds. The molecule has 0 aromatic carbocycles. The third kappa shape index (κ3) is 7.11. The number of hydrogen-bond donors (Lipinski definition) is 2. The molecule has 1 aromatic heterocycles. The smallest absolute Gasteiger partial charge is 0.323 e. The lowest BCUT2D eigenvalue weighted by Gasteiger charge is -2.08. The number of carbonyl (C=O) groups is 2. The second kappa shape index (κ2) is 9.98. The summed E-state index contributed by atoms with van der Waals surface area (Å²) in [6.45, 7) is 2.08. The molecule has 7 nitrogen and oxygen atoms in total. The summed E-state index contributed by atoms with van der Waals surface area (Å²) in [4.78, 5) is 27.0. The monoisotopic (exact) mass is 350 g/mol. The molecule has 1 rings (SSSR count). The average molecular weight is 350 g/mol. The Balaban J connectivity index is 2.27. The fourth-order valence-corrected chi connectivity index (χ4v) is 3.35. The van der Waals surface area contributed by atoms with E-state index in [4.69, 9.17) is 5.73 Å². The summed E-state index contributed by atoms with van der Waals surface area (Å²) >= 11 is 3.98. The van der Waals surface area contributed by atoms with Crippen molar-refractivity contribution >= 4 is 52.1 Å². The highest BCUT2D eigenvalue weighted by Crippen LogP contribution is 2.20. The Morgan fingerprint density at radius 3 is 2.95 bits per heavy atom. The predicted molar refractivity (Wildman–Crippen MR) is 86.9 cm³/mol. The zero-order chi connectivity index (χ0) is 15.7. The number of aromatic nitrogens is 2. The van der Waals surface area contributed by atoms with Gasteiger partial charge in [-0.1, -0.05) is 18.7 Å². The number of amides is 1. The lowest BCUT2D eigenvalue weighted by molar-refractivity contribution is -0.141. The minimum atomic E-state index is -0.716. The molecule has 0 saturated heterocycles. The number of esters is 1. The van der Waals surface area contributed by atoms with Gasteiger partial charge in [-0.05, 0) is 6.42 Å². The first-order valence-electron chi connectivity index (χ1n) is 6.24. The molecule has 0 bridgehead atoms. The van der Waals surface area contributed by atoms with E-state index in [1.54, 1.807) is 11.8 Å². The molecular weight excluding hydrogens is 332 g/mol. The number of anilines is 1. The van der Waals surface area contributed by atoms with E-state index < -0.39 is 12.0 Å². The molecule has 21 heavy (non-hydrogen) atoms. The Morgan fingerprint density at radius 2 is 2.29 bits per heavy atom. The lowest BCUT2D eigenvalue weighted by Crippen LogP contribution is -2.34. The molecule has 1 aromatic rings. The number of ether oxygens (including phenoxy) is 1. The maximum absolute atomic E-state index is 11.7. The first-order valence-corrected chi connectivity index (χ1v) is 9.15. The molecule has 0 aliphatic carbocycles. The molecule has 0 radical (unpaired) electrons. The molecule has 1 unspecified atom stereocenters. The van der Waals surface area contributed by atoms with E-state index in [2.05, 4.69) is 26.3 Å². The molecule has 0 aliphatic rings. The fourth-order valence-electron chi connectivity index (χ4n) is 1.17. The number of nitrogens with two attached hydrogens (primary N) is 1. The van der Waals surface area contributed by atoms with Gasteiger partial charge in [-0.15, -0.1) is 11.8 Å². The number of nitrogens with one attached hydrogen (secondary N) is 1. The number of hydrogen-bond acceptors (Lipinski definition) is 9. The van der Waals surface area contributed by atoms with Crippen LogP contribution in [0.2, 0.25) is 0 Å². The van der Waals surface area contributed by atoms with Crippen LogP contribution in [0, 0.1) is 0 Å². The number of nitrogens with zero attached hydrogens (tertiary/aromatic N) is 2. The zero-order valence-corrected chi connectivity index (χ0v) is 14.3. The number of carbonyl (C=O) groups excluding carboxylic acids is 2. The molecule has 3 N–H and O–H groups in total. The van der Waals surface area contributed by atoms with Gasteiger partial charge in [0.1, 0.15) is 6.04 Å². The number of rotatable bonds is 9. The normalized spacial score (nSPS) is 12.0. The summed E-state index contributed by atoms with van der Waals surface area (Å²) < 4.78 is 8.64. The Labute approximate surface area is 136 Å². The van der Waals surface area contributed by atoms with Crippen molar-refractivity contribution in [1.82, 2.24) is 9.36 Å². The summed E-state index contributed by atoms with van der Waals surface area (Å²) in [5.74, 6) is 0.797. The molecule has 118 valence electrons. The topological polar surface area (TPSA) is 107 Å². The molecule has 1 atom stereocenters. The van der Waals surface area contributed by atoms with Gasteiger partial charge in [-0.3, -0.25) is 14.9 Å². The first kappa shape index (κ1) is 18.2. The van der Waals surface area contributed by atoms with Crippen LogP contribution in [-0.2, 0) is 14.3 Å². The number of methoxy groups -OCH3 is 1. The van der Waals surface area contributed by atoms with Gasteiger partial charge in [0.2, 0.25) is 16.2 Å². The van der Waals surface area contributed by atoms with Crippen LogP contribution in [0.3, 0.4) is 0 Å². The quantitative estimate of drug-likeness (QED) is 0.505. The molecule has 10 heteroatoms. The Hall–Kier alpha value is -0.840. The molecule has 0 fully saturated rings. The van der Waals surface area contributed by atoms with Crippen LogP contribution in [0.15, 0.2) is 5.16 Å². The molecule has 0 spiro atoms. The van der Waals surface area contributed by atoms with E-state index >= 15 is 0 Å². The summed E-state index contributed by atoms with van der Waals surface area (Å²) in [5, 5.41) is 3.83. The van der Waals surface area contributed by atoms with Crippen molar-refractivity contribution in [1.29, 1.82) is 0 Å². The van der Waals surface area contributed by atoms with E-state index in [-0.39, 0.29) is 11.7 Å². The van der Waals surface area contributed by atoms with Crippen LogP contribution in [0.25, 0.3) is 0 Å². The Morgan fingerprint density at radius 1 is 1.52 bits per heavy atom. The Bertz CT molecular complexity index is 469. The predicted octanol–water partition coefficient (Wildman–Crippen LogP) is 1.21. The van der Waals surface area contributed by atoms with Gasteiger partial charge in [0.25, 0.3) is 0 Å². The highest BCUT2D eigenvalue weighted by molar-refractivity contribution is 8.00. The Kier molecular flexibility index (Phi) is 8.66. The highest BCUT2D eigenvalue weighted by atomic mass is 32.2. The van der Waals surface area contributed by atoms with Crippen molar-refractivity contribution in [2.75, 3.05) is 29.7 Å². The molecule has 0 saturated carbocycles. The van der Waals surface area contributed by atoms with Gasteiger partial charge >= 0.3 is 5.97 Å². The van der Waals surface area contributed by atoms with Crippen molar-refractivity contribution in [3.8, 4) is 0 Å². The molecule has 1 heterocycles. The van der Waals surface area contributed by atoms with Crippen molar-refractivity contribution in [3.63, 3.8) is 0 Å². The van der Waals surface area contributed by atoms with Gasteiger partial charge < -0.3 is 10.5 Å². The van der Waals surface area contributed by atoms with Crippen LogP contribution < -0.4 is 11.1 Å². The second-order valence-electron chi connectivity index (χ2n) is 3.92. The highest BCUT2D eigenvalue weighted by Gasteiger charge is 2.15. The van der Waals surface area contributed by atoms with E-state index in [1.807, 2.05) is 0 Å². The second-order valence-corrected chi connectivity index (χ2v) is 6.77. The zero-order valence-electron chi connectivity index (χ0n) is 11.8. The third-order valence-corrected chi connectivity index (χ3v) is 4.98. The van der Waals surface area contributed by atoms with Crippen molar-refractivity contribution in [2.24, 2.45) is 5.73 Å². The van der Waals surface area contributed by atoms with Crippen LogP contribution in [-0.4, -0.2) is 51.6 Å². The summed E-state index contributed by atoms with van der Waals surface area (Å²) in [5.41, 5.74) is 5.57. The molecular formula is C11H18N4O3S3. The van der Waals surface area contributed by atoms with Gasteiger partial charge in [0.15, 0.2) is 0 Å². The minimum Gasteiger partial charge on any atom is -0.468 e. The third-order valence-electron chi connectivity index (χ3n) is 2.12. The van der Waals surface area contributed by atoms with Gasteiger partial charge in [0, 0.05) is 23.0 Å². The fraction of sp³-hybridized carbons (Fsp3) is 0.636. The lowest BCUT2D eigenvalue weighted by atomic mass is 10.4. The van der Waals surface area contributed by atoms with E-state index in [1.165, 1.54) is 18.9 Å². The summed E-state index contributed by atoms with van der Waals surface area (Å²) in [6.07, 6.45) is 1.04. The SMILES string of the molecule is CCCSc1nsc(NC(=O)CSCC(N)C(=O)OC)n1. The standard InChI is InChI=1S/C11H18N4O3S3/c1-3-4-20-11-14-10(21-15-11)13-8(16)6-19-5-7(12)9(17)18-2/h7H,3-6,12H2,1-2H3,(H,13,14,15,16). The minimum absolute atomic E-state index is 0.194. The summed E-state index contributed by atoms with van der Waals surface area (Å²) in [6, 6.07) is -0.716. The number of thioether (sulfide) groups is 2. The van der Waals surface area contributed by atoms with Gasteiger partial charge in [-0.25, -0.2) is 0 Å². The largest absolute Gasteiger partial charge is 0.468 e. The summed E-state index contributed by atoms with van der Waals surface area (Å²) in [7, 11) is 1.28. The van der Waals surface area contributed by atoms with Crippen LogP contribution in [0.4, 0.5) is 5.13 Å². The van der Waals surface area contributed by atoms with Crippen LogP contribution in [0.1, 0.15) is 13.3 Å². The first-order chi connectivity index (χ1) is 10.1. The van der Waals surface area contributed by atoms with E-state index in [9.17, 15) is 9.59 Å². The van der Waals surface area contributed by atoms with Gasteiger partial charge in [0.05, 0.1) is 12.9 Å². The van der Waals surface area contributed by atoms with E-state index in [0.29, 0.717) is 16.0 Å². The average Bonchev–Trinajstić information content (AvgIpc) is 2.91. The van der Waals surface area contributed by atoms with Crippen molar-refractivity contribution < 1.29 is 14.3 Å². The maximum atomic E-state index is 11.7. The van der Waals surface area contributed by atoms with Crippen LogP contribution >= 0.6 is 35.1 Å². The van der Waals surface area contributed by atoms with Gasteiger partial charge in [-0.2, -0.15) is 9.36 Å². The van der Waals surface area contributed by atoms with Crippen LogP contribution in [0.5, 0.6) is 0 Å². The van der Waals surface area contributed by atoms with E-state index in [0.717, 1.165) is 23.7 Å².